The van der Waals surface area contributed by atoms with Crippen LogP contribution in [0.2, 0.25) is 0 Å². The summed E-state index contributed by atoms with van der Waals surface area (Å²) in [7, 11) is 0. The van der Waals surface area contributed by atoms with Crippen molar-refractivity contribution in [1.82, 2.24) is 0 Å². The molecule has 5 nitrogen and oxygen atoms in total. The Kier molecular flexibility index (Phi) is 5.25. The number of carbonyl (C=O) groups is 2. The molecule has 0 aromatic carbocycles. The maximum Gasteiger partial charge on any atom is 0.333 e. The summed E-state index contributed by atoms with van der Waals surface area (Å²) in [5.74, 6) is 0.663. The molecule has 5 aliphatic carbocycles. The molecule has 5 saturated carbocycles. The van der Waals surface area contributed by atoms with Gasteiger partial charge in [0.2, 0.25) is 0 Å². The van der Waals surface area contributed by atoms with Gasteiger partial charge in [0.05, 0.1) is 17.6 Å². The lowest BCUT2D eigenvalue weighted by molar-refractivity contribution is -0.243. The number of aliphatic hydroxyl groups excluding tert-OH is 1. The molecular weight excluding hydrogens is 380 g/mol. The van der Waals surface area contributed by atoms with Crippen molar-refractivity contribution in [3.05, 3.63) is 11.6 Å². The van der Waals surface area contributed by atoms with E-state index >= 15 is 0 Å². The van der Waals surface area contributed by atoms with Crippen LogP contribution in [-0.2, 0) is 14.3 Å². The van der Waals surface area contributed by atoms with Gasteiger partial charge in [0.15, 0.2) is 0 Å². The zero-order valence-electron chi connectivity index (χ0n) is 19.0. The zero-order valence-corrected chi connectivity index (χ0v) is 19.0. The molecule has 2 N–H and O–H groups in total. The fraction of sp³-hybridized carbons (Fsp3) is 0.840. The molecule has 0 unspecified atom stereocenters. The van der Waals surface area contributed by atoms with Crippen molar-refractivity contribution in [2.45, 2.75) is 84.7 Å². The summed E-state index contributed by atoms with van der Waals surface area (Å²) < 4.78 is 5.65. The van der Waals surface area contributed by atoms with Crippen LogP contribution in [0.1, 0.15) is 79.1 Å². The number of rotatable bonds is 4. The largest absolute Gasteiger partial charge is 0.461 e. The van der Waals surface area contributed by atoms with Gasteiger partial charge in [-0.05, 0) is 94.3 Å². The number of ketones is 1. The zero-order chi connectivity index (χ0) is 21.9. The minimum Gasteiger partial charge on any atom is -0.461 e. The smallest absolute Gasteiger partial charge is 0.333 e. The molecule has 5 fully saturated rings. The molecule has 5 heteroatoms. The summed E-state index contributed by atoms with van der Waals surface area (Å²) in [6, 6.07) is 0. The van der Waals surface area contributed by atoms with Crippen molar-refractivity contribution in [3.63, 3.8) is 0 Å². The van der Waals surface area contributed by atoms with Crippen molar-refractivity contribution >= 4 is 11.8 Å². The van der Waals surface area contributed by atoms with E-state index in [1.54, 1.807) is 13.0 Å². The molecule has 0 aromatic heterocycles. The quantitative estimate of drug-likeness (QED) is 0.536. The van der Waals surface area contributed by atoms with Crippen molar-refractivity contribution in [1.29, 1.82) is 0 Å². The Morgan fingerprint density at radius 1 is 1.20 bits per heavy atom. The third-order valence-corrected chi connectivity index (χ3v) is 10.0. The van der Waals surface area contributed by atoms with E-state index in [4.69, 9.17) is 4.74 Å². The normalized spacial score (nSPS) is 48.1. The van der Waals surface area contributed by atoms with Crippen LogP contribution in [0.4, 0.5) is 0 Å². The fourth-order valence-corrected chi connectivity index (χ4v) is 8.17. The minimum absolute atomic E-state index is 0.00157. The number of hydrogen-bond acceptors (Lipinski definition) is 5. The SMILES string of the molecule is C/C=C(\C)C(=O)OC[C@]1(C)C(=O)CC[C@@]2(C)[C@@H]3C[C@@H]4CC[C@@]3(CC[C@@H]21)C[C@@]4(O)CO. The Labute approximate surface area is 180 Å². The van der Waals surface area contributed by atoms with Gasteiger partial charge in [0.25, 0.3) is 0 Å². The summed E-state index contributed by atoms with van der Waals surface area (Å²) in [5, 5.41) is 21.0. The third kappa shape index (κ3) is 2.95. The van der Waals surface area contributed by atoms with E-state index in [0.29, 0.717) is 24.3 Å². The molecule has 7 atom stereocenters. The van der Waals surface area contributed by atoms with Crippen LogP contribution < -0.4 is 0 Å². The average molecular weight is 419 g/mol. The predicted molar refractivity (Wildman–Crippen MR) is 113 cm³/mol. The van der Waals surface area contributed by atoms with E-state index in [1.165, 1.54) is 0 Å². The molecule has 0 heterocycles. The number of esters is 1. The second-order valence-electron chi connectivity index (χ2n) is 11.3. The Morgan fingerprint density at radius 2 is 1.90 bits per heavy atom. The first kappa shape index (κ1) is 22.0. The second kappa shape index (κ2) is 7.16. The maximum atomic E-state index is 13.2. The van der Waals surface area contributed by atoms with Gasteiger partial charge in [-0.25, -0.2) is 4.79 Å². The van der Waals surface area contributed by atoms with Gasteiger partial charge < -0.3 is 14.9 Å². The van der Waals surface area contributed by atoms with Gasteiger partial charge in [0, 0.05) is 12.0 Å². The summed E-state index contributed by atoms with van der Waals surface area (Å²) in [5.41, 5.74) is -0.955. The molecule has 5 aliphatic rings. The van der Waals surface area contributed by atoms with Gasteiger partial charge in [-0.3, -0.25) is 4.79 Å². The van der Waals surface area contributed by atoms with Crippen LogP contribution in [0.5, 0.6) is 0 Å². The van der Waals surface area contributed by atoms with Gasteiger partial charge in [-0.2, -0.15) is 0 Å². The van der Waals surface area contributed by atoms with Gasteiger partial charge in [-0.15, -0.1) is 0 Å². The van der Waals surface area contributed by atoms with Crippen molar-refractivity contribution in [2.75, 3.05) is 13.2 Å². The molecule has 0 saturated heterocycles. The maximum absolute atomic E-state index is 13.2. The number of aliphatic hydroxyl groups is 2. The third-order valence-electron chi connectivity index (χ3n) is 10.0. The standard InChI is InChI=1S/C25H38O5/c1-5-16(2)21(28)30-15-23(4)18-7-11-24-10-6-17(25(29,13-24)14-26)12-19(24)22(18,3)9-8-20(23)27/h5,17-19,26,29H,6-15H2,1-4H3/b16-5+/t17-,18-,19-,22+,23-,24+,25+/m0/s1. The van der Waals surface area contributed by atoms with Crippen molar-refractivity contribution < 1.29 is 24.5 Å². The number of Topliss-reactive ketones (excluding diaryl/α,β-unsaturated/α-hetero) is 1. The molecule has 168 valence electrons. The van der Waals surface area contributed by atoms with E-state index in [1.807, 2.05) is 13.8 Å². The van der Waals surface area contributed by atoms with Crippen LogP contribution in [-0.4, -0.2) is 40.8 Å². The first-order valence-corrected chi connectivity index (χ1v) is 11.7. The lowest BCUT2D eigenvalue weighted by Crippen LogP contribution is -2.67. The van der Waals surface area contributed by atoms with Gasteiger partial charge in [0.1, 0.15) is 12.4 Å². The summed E-state index contributed by atoms with van der Waals surface area (Å²) in [6.07, 6.45) is 8.79. The van der Waals surface area contributed by atoms with Crippen LogP contribution in [0.25, 0.3) is 0 Å². The number of fused-ring (bicyclic) bond motifs is 3. The highest BCUT2D eigenvalue weighted by Gasteiger charge is 2.68. The van der Waals surface area contributed by atoms with Crippen molar-refractivity contribution in [2.24, 2.45) is 34.0 Å². The van der Waals surface area contributed by atoms with E-state index in [9.17, 15) is 19.8 Å². The van der Waals surface area contributed by atoms with Crippen LogP contribution in [0.3, 0.4) is 0 Å². The highest BCUT2D eigenvalue weighted by Crippen LogP contribution is 2.72. The number of allylic oxidation sites excluding steroid dienone is 1. The number of ether oxygens (including phenoxy) is 1. The first-order valence-electron chi connectivity index (χ1n) is 11.7. The monoisotopic (exact) mass is 418 g/mol. The number of carbonyl (C=O) groups excluding carboxylic acids is 2. The molecule has 1 spiro atoms. The summed E-state index contributed by atoms with van der Waals surface area (Å²) >= 11 is 0. The highest BCUT2D eigenvalue weighted by atomic mass is 16.5. The van der Waals surface area contributed by atoms with E-state index < -0.39 is 11.0 Å². The minimum atomic E-state index is -0.939. The van der Waals surface area contributed by atoms with Crippen molar-refractivity contribution in [3.8, 4) is 0 Å². The van der Waals surface area contributed by atoms with E-state index in [2.05, 4.69) is 6.92 Å². The Balaban J connectivity index is 1.63. The topological polar surface area (TPSA) is 83.8 Å². The molecule has 0 radical (unpaired) electrons. The Morgan fingerprint density at radius 3 is 2.57 bits per heavy atom. The summed E-state index contributed by atoms with van der Waals surface area (Å²) in [6.45, 7) is 7.92. The van der Waals surface area contributed by atoms with Crippen LogP contribution in [0, 0.1) is 34.0 Å². The Hall–Kier alpha value is -1.20. The molecule has 30 heavy (non-hydrogen) atoms. The van der Waals surface area contributed by atoms with Gasteiger partial charge >= 0.3 is 5.97 Å². The molecular formula is C25H38O5. The first-order chi connectivity index (χ1) is 14.0. The highest BCUT2D eigenvalue weighted by molar-refractivity contribution is 5.89. The molecule has 0 aliphatic heterocycles. The Bertz CT molecular complexity index is 774. The predicted octanol–water partition coefficient (Wildman–Crippen LogP) is 3.81. The molecule has 2 bridgehead atoms. The lowest BCUT2D eigenvalue weighted by Gasteiger charge is -2.69. The average Bonchev–Trinajstić information content (AvgIpc) is 2.74. The van der Waals surface area contributed by atoms with Gasteiger partial charge in [-0.1, -0.05) is 13.0 Å². The fourth-order valence-electron chi connectivity index (χ4n) is 8.17. The van der Waals surface area contributed by atoms with E-state index in [-0.39, 0.29) is 47.6 Å². The summed E-state index contributed by atoms with van der Waals surface area (Å²) in [4.78, 5) is 25.4. The molecule has 0 aromatic rings. The second-order valence-corrected chi connectivity index (χ2v) is 11.3. The van der Waals surface area contributed by atoms with Crippen LogP contribution >= 0.6 is 0 Å². The lowest BCUT2D eigenvalue weighted by atomic mass is 9.35. The van der Waals surface area contributed by atoms with E-state index in [0.717, 1.165) is 38.5 Å². The van der Waals surface area contributed by atoms with Crippen LogP contribution in [0.15, 0.2) is 11.6 Å². The molecule has 5 rings (SSSR count). The molecule has 0 amide bonds. The number of hydrogen-bond donors (Lipinski definition) is 2.